The van der Waals surface area contributed by atoms with E-state index in [0.717, 1.165) is 5.92 Å². The molecule has 0 aromatic heterocycles. The molecule has 0 rings (SSSR count). The number of unbranched alkanes of at least 4 members (excludes halogenated alkanes) is 18. The van der Waals surface area contributed by atoms with Gasteiger partial charge in [-0.2, -0.15) is 0 Å². The zero-order valence-electron chi connectivity index (χ0n) is 21.1. The lowest BCUT2D eigenvalue weighted by molar-refractivity contribution is 0.430. The molecule has 0 amide bonds. The van der Waals surface area contributed by atoms with Gasteiger partial charge in [-0.1, -0.05) is 176 Å². The highest BCUT2D eigenvalue weighted by Gasteiger charge is 2.02. The molecule has 0 fully saturated rings. The van der Waals surface area contributed by atoms with Crippen LogP contribution < -0.4 is 0 Å². The topological polar surface area (TPSA) is 0 Å². The maximum Gasteiger partial charge on any atom is -0.0443 e. The molecule has 0 aromatic rings. The molecule has 172 valence electrons. The van der Waals surface area contributed by atoms with Gasteiger partial charge >= 0.3 is 0 Å². The maximum absolute atomic E-state index is 2.49. The van der Waals surface area contributed by atoms with Crippen molar-refractivity contribution in [3.05, 3.63) is 0 Å². The first kappa shape index (κ1) is 30.2. The third kappa shape index (κ3) is 28.2. The zero-order chi connectivity index (χ0) is 21.1. The van der Waals surface area contributed by atoms with E-state index in [1.54, 1.807) is 0 Å². The molecule has 0 aliphatic carbocycles. The van der Waals surface area contributed by atoms with Gasteiger partial charge in [0.25, 0.3) is 0 Å². The standard InChI is InChI=1S/C26H54.C2H6/c1-4-6-8-10-12-14-16-18-20-22-24-26(3)25-23-21-19-17-15-13-11-9-7-5-2;1-2/h26H,4-25H2,1-3H3;1-2H3. The molecule has 0 saturated heterocycles. The molecule has 0 heterocycles. The normalized spacial score (nSPS) is 10.9. The summed E-state index contributed by atoms with van der Waals surface area (Å²) in [6.07, 6.45) is 32.3. The van der Waals surface area contributed by atoms with Crippen LogP contribution in [0.25, 0.3) is 0 Å². The SMILES string of the molecule is CC.CCCCCCCCCCCCC(C)CCCCCCCCCCCC. The Morgan fingerprint density at radius 3 is 0.821 bits per heavy atom. The number of rotatable bonds is 22. The lowest BCUT2D eigenvalue weighted by Crippen LogP contribution is -1.95. The van der Waals surface area contributed by atoms with Crippen molar-refractivity contribution >= 4 is 0 Å². The lowest BCUT2D eigenvalue weighted by atomic mass is 9.95. The van der Waals surface area contributed by atoms with Crippen LogP contribution in [0.1, 0.15) is 176 Å². The zero-order valence-corrected chi connectivity index (χ0v) is 21.1. The van der Waals surface area contributed by atoms with E-state index in [9.17, 15) is 0 Å². The largest absolute Gasteiger partial charge is 0.0683 e. The van der Waals surface area contributed by atoms with Crippen LogP contribution in [-0.4, -0.2) is 0 Å². The highest BCUT2D eigenvalue weighted by atomic mass is 14.1. The minimum Gasteiger partial charge on any atom is -0.0683 e. The smallest absolute Gasteiger partial charge is 0.0443 e. The van der Waals surface area contributed by atoms with Crippen molar-refractivity contribution in [2.75, 3.05) is 0 Å². The summed E-state index contributed by atoms with van der Waals surface area (Å²) in [5.41, 5.74) is 0. The molecule has 0 unspecified atom stereocenters. The Morgan fingerprint density at radius 1 is 0.357 bits per heavy atom. The van der Waals surface area contributed by atoms with Crippen LogP contribution >= 0.6 is 0 Å². The first-order chi connectivity index (χ1) is 13.8. The third-order valence-electron chi connectivity index (χ3n) is 6.10. The van der Waals surface area contributed by atoms with Crippen molar-refractivity contribution in [3.63, 3.8) is 0 Å². The van der Waals surface area contributed by atoms with Gasteiger partial charge in [0, 0.05) is 0 Å². The van der Waals surface area contributed by atoms with Crippen LogP contribution in [0.3, 0.4) is 0 Å². The van der Waals surface area contributed by atoms with Gasteiger partial charge in [-0.15, -0.1) is 0 Å². The Balaban J connectivity index is 0. The fourth-order valence-corrected chi connectivity index (χ4v) is 4.10. The molecule has 0 heteroatoms. The summed E-state index contributed by atoms with van der Waals surface area (Å²) >= 11 is 0. The molecule has 0 spiro atoms. The molecule has 0 saturated carbocycles. The Kier molecular flexibility index (Phi) is 31.5. The Bertz CT molecular complexity index is 208. The Morgan fingerprint density at radius 2 is 0.571 bits per heavy atom. The fourth-order valence-electron chi connectivity index (χ4n) is 4.10. The van der Waals surface area contributed by atoms with E-state index < -0.39 is 0 Å². The second kappa shape index (κ2) is 29.2. The van der Waals surface area contributed by atoms with Gasteiger partial charge in [0.2, 0.25) is 0 Å². The van der Waals surface area contributed by atoms with Crippen LogP contribution in [0.5, 0.6) is 0 Å². The molecule has 0 nitrogen and oxygen atoms in total. The van der Waals surface area contributed by atoms with Gasteiger partial charge in [-0.3, -0.25) is 0 Å². The van der Waals surface area contributed by atoms with E-state index in [1.165, 1.54) is 141 Å². The first-order valence-electron chi connectivity index (χ1n) is 13.8. The predicted octanol–water partition coefficient (Wildman–Crippen LogP) is 11.3. The highest BCUT2D eigenvalue weighted by Crippen LogP contribution is 2.19. The summed E-state index contributed by atoms with van der Waals surface area (Å²) in [7, 11) is 0. The molecule has 0 aliphatic rings. The second-order valence-electron chi connectivity index (χ2n) is 9.05. The maximum atomic E-state index is 2.49. The number of hydrogen-bond donors (Lipinski definition) is 0. The van der Waals surface area contributed by atoms with Crippen molar-refractivity contribution in [1.82, 2.24) is 0 Å². The Labute approximate surface area is 182 Å². The molecular formula is C28H60. The molecule has 0 N–H and O–H groups in total. The van der Waals surface area contributed by atoms with Gasteiger partial charge in [0.15, 0.2) is 0 Å². The summed E-state index contributed by atoms with van der Waals surface area (Å²) in [6, 6.07) is 0. The van der Waals surface area contributed by atoms with Crippen molar-refractivity contribution < 1.29 is 0 Å². The van der Waals surface area contributed by atoms with Crippen LogP contribution in [0.2, 0.25) is 0 Å². The summed E-state index contributed by atoms with van der Waals surface area (Å²) in [4.78, 5) is 0. The van der Waals surface area contributed by atoms with Crippen molar-refractivity contribution in [2.45, 2.75) is 176 Å². The molecular weight excluding hydrogens is 336 g/mol. The molecule has 0 atom stereocenters. The summed E-state index contributed by atoms with van der Waals surface area (Å²) in [6.45, 7) is 11.1. The van der Waals surface area contributed by atoms with Crippen LogP contribution in [0.15, 0.2) is 0 Å². The fraction of sp³-hybridized carbons (Fsp3) is 1.00. The minimum atomic E-state index is 0.970. The molecule has 0 aromatic carbocycles. The van der Waals surface area contributed by atoms with Crippen LogP contribution in [0.4, 0.5) is 0 Å². The lowest BCUT2D eigenvalue weighted by Gasteiger charge is -2.11. The molecule has 0 radical (unpaired) electrons. The second-order valence-corrected chi connectivity index (χ2v) is 9.05. The van der Waals surface area contributed by atoms with Gasteiger partial charge in [0.1, 0.15) is 0 Å². The van der Waals surface area contributed by atoms with Gasteiger partial charge < -0.3 is 0 Å². The van der Waals surface area contributed by atoms with Gasteiger partial charge in [-0.05, 0) is 5.92 Å². The summed E-state index contributed by atoms with van der Waals surface area (Å²) in [5, 5.41) is 0. The third-order valence-corrected chi connectivity index (χ3v) is 6.10. The van der Waals surface area contributed by atoms with Gasteiger partial charge in [0.05, 0.1) is 0 Å². The predicted molar refractivity (Wildman–Crippen MR) is 133 cm³/mol. The summed E-state index contributed by atoms with van der Waals surface area (Å²) in [5.74, 6) is 0.970. The first-order valence-corrected chi connectivity index (χ1v) is 13.8. The molecule has 0 aliphatic heterocycles. The monoisotopic (exact) mass is 396 g/mol. The van der Waals surface area contributed by atoms with Crippen molar-refractivity contribution in [2.24, 2.45) is 5.92 Å². The van der Waals surface area contributed by atoms with E-state index in [1.807, 2.05) is 13.8 Å². The van der Waals surface area contributed by atoms with E-state index in [-0.39, 0.29) is 0 Å². The molecule has 0 bridgehead atoms. The van der Waals surface area contributed by atoms with Crippen LogP contribution in [-0.2, 0) is 0 Å². The van der Waals surface area contributed by atoms with Crippen molar-refractivity contribution in [1.29, 1.82) is 0 Å². The molecule has 28 heavy (non-hydrogen) atoms. The van der Waals surface area contributed by atoms with E-state index >= 15 is 0 Å². The van der Waals surface area contributed by atoms with E-state index in [0.29, 0.717) is 0 Å². The van der Waals surface area contributed by atoms with E-state index in [4.69, 9.17) is 0 Å². The quantitative estimate of drug-likeness (QED) is 0.160. The summed E-state index contributed by atoms with van der Waals surface area (Å²) < 4.78 is 0. The average molecular weight is 397 g/mol. The van der Waals surface area contributed by atoms with Crippen molar-refractivity contribution in [3.8, 4) is 0 Å². The van der Waals surface area contributed by atoms with Gasteiger partial charge in [-0.25, -0.2) is 0 Å². The van der Waals surface area contributed by atoms with Crippen LogP contribution in [0, 0.1) is 5.92 Å². The average Bonchev–Trinajstić information content (AvgIpc) is 2.72. The highest BCUT2D eigenvalue weighted by molar-refractivity contribution is 4.56. The number of hydrogen-bond acceptors (Lipinski definition) is 0. The Hall–Kier alpha value is 0. The minimum absolute atomic E-state index is 0.970. The van der Waals surface area contributed by atoms with E-state index in [2.05, 4.69) is 20.8 Å².